The number of hydrogen-bond donors (Lipinski definition) is 0. The zero-order valence-electron chi connectivity index (χ0n) is 32.0. The lowest BCUT2D eigenvalue weighted by molar-refractivity contribution is 0.670. The van der Waals surface area contributed by atoms with Gasteiger partial charge in [-0.2, -0.15) is 0 Å². The molecule has 0 bridgehead atoms. The van der Waals surface area contributed by atoms with Crippen LogP contribution in [0, 0.1) is 6.92 Å². The van der Waals surface area contributed by atoms with Crippen molar-refractivity contribution in [3.8, 4) is 39.1 Å². The van der Waals surface area contributed by atoms with E-state index in [1.54, 1.807) is 0 Å². The summed E-state index contributed by atoms with van der Waals surface area (Å²) in [4.78, 5) is 2.39. The predicted octanol–water partition coefficient (Wildman–Crippen LogP) is 15.5. The third-order valence-electron chi connectivity index (χ3n) is 11.5. The van der Waals surface area contributed by atoms with E-state index in [9.17, 15) is 0 Å². The summed E-state index contributed by atoms with van der Waals surface area (Å²) in [6, 6.07) is 76.3. The minimum atomic E-state index is 0.873. The van der Waals surface area contributed by atoms with Gasteiger partial charge in [0.1, 0.15) is 11.2 Å². The van der Waals surface area contributed by atoms with Crippen LogP contribution in [0.4, 0.5) is 17.1 Å². The van der Waals surface area contributed by atoms with Gasteiger partial charge >= 0.3 is 0 Å². The molecule has 11 rings (SSSR count). The lowest BCUT2D eigenvalue weighted by Crippen LogP contribution is -2.10. The Balaban J connectivity index is 1.12. The van der Waals surface area contributed by atoms with E-state index >= 15 is 0 Å². The molecule has 0 aliphatic rings. The summed E-state index contributed by atoms with van der Waals surface area (Å²) < 4.78 is 9.10. The molecule has 0 spiro atoms. The zero-order chi connectivity index (χ0) is 38.6. The van der Waals surface area contributed by atoms with Crippen molar-refractivity contribution in [2.75, 3.05) is 4.90 Å². The van der Waals surface area contributed by atoms with Crippen LogP contribution in [0.2, 0.25) is 0 Å². The smallest absolute Gasteiger partial charge is 0.143 e. The van der Waals surface area contributed by atoms with E-state index in [0.29, 0.717) is 0 Å². The Morgan fingerprint density at radius 2 is 0.914 bits per heavy atom. The fourth-order valence-electron chi connectivity index (χ4n) is 8.68. The van der Waals surface area contributed by atoms with Gasteiger partial charge in [-0.1, -0.05) is 151 Å². The van der Waals surface area contributed by atoms with Crippen molar-refractivity contribution in [3.05, 3.63) is 218 Å². The Morgan fingerprint density at radius 1 is 0.379 bits per heavy atom. The number of aromatic nitrogens is 1. The highest BCUT2D eigenvalue weighted by Gasteiger charge is 2.21. The first-order valence-electron chi connectivity index (χ1n) is 19.8. The van der Waals surface area contributed by atoms with Crippen molar-refractivity contribution in [1.82, 2.24) is 4.57 Å². The summed E-state index contributed by atoms with van der Waals surface area (Å²) in [6.07, 6.45) is 0. The molecule has 0 radical (unpaired) electrons. The Labute approximate surface area is 337 Å². The van der Waals surface area contributed by atoms with Crippen LogP contribution in [0.1, 0.15) is 5.56 Å². The van der Waals surface area contributed by atoms with Crippen LogP contribution in [0.15, 0.2) is 217 Å². The molecule has 274 valence electrons. The molecular formula is C55H38N2O. The molecule has 0 saturated carbocycles. The van der Waals surface area contributed by atoms with E-state index in [1.165, 1.54) is 49.6 Å². The van der Waals surface area contributed by atoms with Crippen LogP contribution in [0.3, 0.4) is 0 Å². The summed E-state index contributed by atoms with van der Waals surface area (Å²) in [5.74, 6) is 0. The number of hydrogen-bond acceptors (Lipinski definition) is 2. The third-order valence-corrected chi connectivity index (χ3v) is 11.5. The number of aryl methyl sites for hydroxylation is 1. The van der Waals surface area contributed by atoms with Crippen LogP contribution >= 0.6 is 0 Å². The molecule has 0 atom stereocenters. The largest absolute Gasteiger partial charge is 0.455 e. The Kier molecular flexibility index (Phi) is 8.04. The van der Waals surface area contributed by atoms with E-state index in [-0.39, 0.29) is 0 Å². The molecule has 0 unspecified atom stereocenters. The van der Waals surface area contributed by atoms with Crippen molar-refractivity contribution in [2.45, 2.75) is 6.92 Å². The second-order valence-corrected chi connectivity index (χ2v) is 15.0. The SMILES string of the molecule is Cc1ccc(N(c2ccc(-c3ccccc3)c(-c3ccccc3)c2)c2cc(-c3ccc(-n4c5ccccc5c5ccccc54)cc3)c3oc4ccccc4c3c2)cc1. The molecule has 0 fully saturated rings. The van der Waals surface area contributed by atoms with Gasteiger partial charge in [-0.25, -0.2) is 0 Å². The van der Waals surface area contributed by atoms with E-state index in [2.05, 4.69) is 223 Å². The first-order chi connectivity index (χ1) is 28.7. The van der Waals surface area contributed by atoms with Crippen LogP contribution < -0.4 is 4.90 Å². The maximum absolute atomic E-state index is 6.74. The maximum Gasteiger partial charge on any atom is 0.143 e. The van der Waals surface area contributed by atoms with Gasteiger partial charge < -0.3 is 13.9 Å². The molecule has 2 aromatic heterocycles. The van der Waals surface area contributed by atoms with Crippen LogP contribution in [-0.4, -0.2) is 4.57 Å². The van der Waals surface area contributed by atoms with Crippen molar-refractivity contribution in [3.63, 3.8) is 0 Å². The lowest BCUT2D eigenvalue weighted by Gasteiger charge is -2.27. The number of fused-ring (bicyclic) bond motifs is 6. The highest BCUT2D eigenvalue weighted by Crippen LogP contribution is 2.45. The first kappa shape index (κ1) is 33.7. The van der Waals surface area contributed by atoms with Crippen molar-refractivity contribution < 1.29 is 4.42 Å². The highest BCUT2D eigenvalue weighted by molar-refractivity contribution is 6.12. The van der Waals surface area contributed by atoms with Gasteiger partial charge in [0.25, 0.3) is 0 Å². The number of rotatable bonds is 7. The summed E-state index contributed by atoms with van der Waals surface area (Å²) in [5, 5.41) is 4.68. The first-order valence-corrected chi connectivity index (χ1v) is 19.8. The van der Waals surface area contributed by atoms with Gasteiger partial charge in [-0.15, -0.1) is 0 Å². The summed E-state index contributed by atoms with van der Waals surface area (Å²) in [5.41, 5.74) is 16.5. The van der Waals surface area contributed by atoms with Gasteiger partial charge in [0, 0.05) is 49.9 Å². The monoisotopic (exact) mass is 742 g/mol. The van der Waals surface area contributed by atoms with Crippen molar-refractivity contribution in [1.29, 1.82) is 0 Å². The molecule has 0 amide bonds. The summed E-state index contributed by atoms with van der Waals surface area (Å²) >= 11 is 0. The van der Waals surface area contributed by atoms with Gasteiger partial charge in [0.05, 0.1) is 11.0 Å². The zero-order valence-corrected chi connectivity index (χ0v) is 32.0. The van der Waals surface area contributed by atoms with E-state index in [4.69, 9.17) is 4.42 Å². The van der Waals surface area contributed by atoms with Gasteiger partial charge in [-0.05, 0) is 101 Å². The summed E-state index contributed by atoms with van der Waals surface area (Å²) in [7, 11) is 0. The van der Waals surface area contributed by atoms with Gasteiger partial charge in [-0.3, -0.25) is 0 Å². The number of anilines is 3. The predicted molar refractivity (Wildman–Crippen MR) is 244 cm³/mol. The second-order valence-electron chi connectivity index (χ2n) is 15.0. The second kappa shape index (κ2) is 13.8. The van der Waals surface area contributed by atoms with Crippen molar-refractivity contribution in [2.24, 2.45) is 0 Å². The standard InChI is InChI=1S/C55H38N2O/c1-37-24-28-41(29-25-37)56(43-32-33-45(38-14-4-2-5-15-38)49(34-43)39-16-6-3-7-17-39)44-35-50(55-51(36-44)48-20-10-13-23-54(48)58-55)40-26-30-42(31-27-40)57-52-21-11-8-18-46(52)47-19-9-12-22-53(47)57/h2-36H,1H3. The Morgan fingerprint density at radius 3 is 1.59 bits per heavy atom. The molecule has 11 aromatic rings. The molecule has 0 aliphatic heterocycles. The third kappa shape index (κ3) is 5.67. The van der Waals surface area contributed by atoms with E-state index in [0.717, 1.165) is 55.8 Å². The lowest BCUT2D eigenvalue weighted by atomic mass is 9.93. The molecule has 0 aliphatic carbocycles. The topological polar surface area (TPSA) is 21.3 Å². The average molecular weight is 743 g/mol. The van der Waals surface area contributed by atoms with Crippen molar-refractivity contribution >= 4 is 60.8 Å². The summed E-state index contributed by atoms with van der Waals surface area (Å²) in [6.45, 7) is 2.14. The molecule has 2 heterocycles. The quantitative estimate of drug-likeness (QED) is 0.162. The number of nitrogens with zero attached hydrogens (tertiary/aromatic N) is 2. The van der Waals surface area contributed by atoms with E-state index in [1.807, 2.05) is 6.07 Å². The van der Waals surface area contributed by atoms with Crippen LogP contribution in [0.25, 0.3) is 82.8 Å². The maximum atomic E-state index is 6.74. The Hall–Kier alpha value is -7.62. The Bertz CT molecular complexity index is 3210. The minimum absolute atomic E-state index is 0.873. The molecule has 3 nitrogen and oxygen atoms in total. The fraction of sp³-hybridized carbons (Fsp3) is 0.0182. The molecule has 58 heavy (non-hydrogen) atoms. The molecule has 0 N–H and O–H groups in total. The minimum Gasteiger partial charge on any atom is -0.455 e. The number of furan rings is 1. The van der Waals surface area contributed by atoms with Crippen LogP contribution in [0.5, 0.6) is 0 Å². The molecule has 0 saturated heterocycles. The van der Waals surface area contributed by atoms with Gasteiger partial charge in [0.2, 0.25) is 0 Å². The highest BCUT2D eigenvalue weighted by atomic mass is 16.3. The number of benzene rings is 9. The van der Waals surface area contributed by atoms with Crippen LogP contribution in [-0.2, 0) is 0 Å². The molecule has 3 heteroatoms. The fourth-order valence-corrected chi connectivity index (χ4v) is 8.68. The number of para-hydroxylation sites is 3. The van der Waals surface area contributed by atoms with E-state index < -0.39 is 0 Å². The van der Waals surface area contributed by atoms with Gasteiger partial charge in [0.15, 0.2) is 0 Å². The molecular weight excluding hydrogens is 705 g/mol. The molecule has 9 aromatic carbocycles. The average Bonchev–Trinajstić information content (AvgIpc) is 3.84. The normalized spacial score (nSPS) is 11.5.